The van der Waals surface area contributed by atoms with Crippen LogP contribution in [0.25, 0.3) is 0 Å². The Morgan fingerprint density at radius 2 is 2.18 bits per heavy atom. The number of rotatable bonds is 0. The van der Waals surface area contributed by atoms with Crippen molar-refractivity contribution < 1.29 is 0 Å². The van der Waals surface area contributed by atoms with Gasteiger partial charge in [-0.2, -0.15) is 0 Å². The van der Waals surface area contributed by atoms with Gasteiger partial charge in [-0.1, -0.05) is 24.3 Å². The smallest absolute Gasteiger partial charge is 0.148 e. The summed E-state index contributed by atoms with van der Waals surface area (Å²) in [6.45, 7) is 3.18. The van der Waals surface area contributed by atoms with Crippen molar-refractivity contribution in [2.45, 2.75) is 6.42 Å². The zero-order valence-corrected chi connectivity index (χ0v) is 6.04. The van der Waals surface area contributed by atoms with Crippen LogP contribution in [0, 0.1) is 6.54 Å². The Hall–Kier alpha value is -1.24. The minimum absolute atomic E-state index is 1.06. The third-order valence-electron chi connectivity index (χ3n) is 2.17. The normalized spacial score (nSPS) is 18.5. The van der Waals surface area contributed by atoms with Crippen molar-refractivity contribution in [3.63, 3.8) is 0 Å². The maximum absolute atomic E-state index is 3.18. The highest BCUT2D eigenvalue weighted by Crippen LogP contribution is 2.41. The molecule has 0 spiro atoms. The first-order valence-corrected chi connectivity index (χ1v) is 3.80. The molecule has 11 heavy (non-hydrogen) atoms. The highest BCUT2D eigenvalue weighted by atomic mass is 15.3. The van der Waals surface area contributed by atoms with Gasteiger partial charge in [0.2, 0.25) is 0 Å². The Kier molecular flexibility index (Phi) is 0.823. The van der Waals surface area contributed by atoms with Crippen molar-refractivity contribution >= 4 is 5.69 Å². The van der Waals surface area contributed by atoms with Crippen LogP contribution in [0.5, 0.6) is 0 Å². The Balaban J connectivity index is 2.21. The Morgan fingerprint density at radius 3 is 3.18 bits per heavy atom. The lowest BCUT2D eigenvalue weighted by Crippen LogP contribution is -1.98. The van der Waals surface area contributed by atoms with Crippen LogP contribution >= 0.6 is 0 Å². The van der Waals surface area contributed by atoms with E-state index < -0.39 is 0 Å². The van der Waals surface area contributed by atoms with Crippen LogP contribution in [0.2, 0.25) is 0 Å². The van der Waals surface area contributed by atoms with E-state index in [2.05, 4.69) is 41.8 Å². The molecule has 0 atom stereocenters. The highest BCUT2D eigenvalue weighted by molar-refractivity contribution is 5.74. The lowest BCUT2D eigenvalue weighted by atomic mass is 10.1. The summed E-state index contributed by atoms with van der Waals surface area (Å²) in [5.41, 5.74) is 3.97. The van der Waals surface area contributed by atoms with Gasteiger partial charge in [0, 0.05) is 11.4 Å². The van der Waals surface area contributed by atoms with Crippen molar-refractivity contribution in [3.8, 4) is 0 Å². The van der Waals surface area contributed by atoms with E-state index in [0.29, 0.717) is 0 Å². The SMILES string of the molecule is [C]1C2=CCc3ccccc3N12. The number of anilines is 1. The number of hydrogen-bond acceptors (Lipinski definition) is 1. The van der Waals surface area contributed by atoms with Gasteiger partial charge < -0.3 is 4.90 Å². The topological polar surface area (TPSA) is 3.01 Å². The number of benzene rings is 1. The minimum Gasteiger partial charge on any atom is -0.325 e. The fourth-order valence-electron chi connectivity index (χ4n) is 1.52. The lowest BCUT2D eigenvalue weighted by molar-refractivity contribution is 1.20. The summed E-state index contributed by atoms with van der Waals surface area (Å²) in [4.78, 5) is 2.11. The minimum atomic E-state index is 1.06. The maximum atomic E-state index is 3.18. The van der Waals surface area contributed by atoms with E-state index in [1.54, 1.807) is 0 Å². The van der Waals surface area contributed by atoms with E-state index in [1.807, 2.05) is 0 Å². The third kappa shape index (κ3) is 0.653. The van der Waals surface area contributed by atoms with Gasteiger partial charge in [-0.3, -0.25) is 0 Å². The quantitative estimate of drug-likeness (QED) is 0.499. The number of nitrogens with zero attached hydrogens (tertiary/aromatic N) is 1. The van der Waals surface area contributed by atoms with Crippen LogP contribution in [-0.4, -0.2) is 0 Å². The average molecular weight is 141 g/mol. The van der Waals surface area contributed by atoms with Crippen LogP contribution < -0.4 is 4.90 Å². The van der Waals surface area contributed by atoms with Gasteiger partial charge >= 0.3 is 0 Å². The highest BCUT2D eigenvalue weighted by Gasteiger charge is 2.32. The Morgan fingerprint density at radius 1 is 1.27 bits per heavy atom. The Bertz CT molecular complexity index is 338. The van der Waals surface area contributed by atoms with Gasteiger partial charge in [0.25, 0.3) is 0 Å². The summed E-state index contributed by atoms with van der Waals surface area (Å²) in [7, 11) is 0. The van der Waals surface area contributed by atoms with E-state index in [9.17, 15) is 0 Å². The van der Waals surface area contributed by atoms with Crippen molar-refractivity contribution in [2.75, 3.05) is 4.90 Å². The van der Waals surface area contributed by atoms with Crippen LogP contribution in [0.15, 0.2) is 36.0 Å². The van der Waals surface area contributed by atoms with E-state index >= 15 is 0 Å². The summed E-state index contributed by atoms with van der Waals surface area (Å²) in [6.07, 6.45) is 3.28. The standard InChI is InChI=1S/C10H7N/c1-2-4-10-8(3-1)5-6-9-7-11(9)10/h1-4,6H,5H2. The summed E-state index contributed by atoms with van der Waals surface area (Å²) >= 11 is 0. The molecule has 0 aliphatic carbocycles. The molecule has 3 rings (SSSR count). The molecule has 2 aliphatic rings. The fourth-order valence-corrected chi connectivity index (χ4v) is 1.52. The summed E-state index contributed by atoms with van der Waals surface area (Å²) in [5, 5.41) is 0. The lowest BCUT2D eigenvalue weighted by Gasteiger charge is -2.10. The first-order valence-electron chi connectivity index (χ1n) is 3.80. The van der Waals surface area contributed by atoms with Crippen molar-refractivity contribution in [2.24, 2.45) is 0 Å². The van der Waals surface area contributed by atoms with Crippen LogP contribution in [0.4, 0.5) is 5.69 Å². The summed E-state index contributed by atoms with van der Waals surface area (Å²) in [6, 6.07) is 8.47. The second-order valence-electron chi connectivity index (χ2n) is 2.87. The van der Waals surface area contributed by atoms with E-state index in [1.165, 1.54) is 16.9 Å². The number of para-hydroxylation sites is 1. The van der Waals surface area contributed by atoms with Gasteiger partial charge in [-0.25, -0.2) is 0 Å². The molecule has 0 amide bonds. The molecule has 2 radical (unpaired) electrons. The van der Waals surface area contributed by atoms with E-state index in [0.717, 1.165) is 6.42 Å². The molecule has 0 N–H and O–H groups in total. The van der Waals surface area contributed by atoms with Gasteiger partial charge in [0.1, 0.15) is 6.54 Å². The molecule has 1 aromatic rings. The molecule has 0 unspecified atom stereocenters. The van der Waals surface area contributed by atoms with E-state index in [-0.39, 0.29) is 0 Å². The number of allylic oxidation sites excluding steroid dienone is 1. The second kappa shape index (κ2) is 1.67. The van der Waals surface area contributed by atoms with Gasteiger partial charge in [0.05, 0.1) is 0 Å². The largest absolute Gasteiger partial charge is 0.325 e. The molecule has 1 saturated heterocycles. The molecule has 2 aliphatic heterocycles. The van der Waals surface area contributed by atoms with Crippen LogP contribution in [0.1, 0.15) is 5.56 Å². The first-order chi connectivity index (χ1) is 5.45. The molecule has 0 bridgehead atoms. The predicted molar refractivity (Wildman–Crippen MR) is 44.0 cm³/mol. The van der Waals surface area contributed by atoms with Gasteiger partial charge in [-0.15, -0.1) is 0 Å². The predicted octanol–water partition coefficient (Wildman–Crippen LogP) is 1.99. The maximum Gasteiger partial charge on any atom is 0.148 e. The first kappa shape index (κ1) is 5.42. The molecule has 52 valence electrons. The number of hydrogen-bond donors (Lipinski definition) is 0. The van der Waals surface area contributed by atoms with Gasteiger partial charge in [-0.05, 0) is 18.1 Å². The Labute approximate surface area is 65.9 Å². The third-order valence-corrected chi connectivity index (χ3v) is 2.17. The molecule has 0 aromatic heterocycles. The molecule has 0 saturated carbocycles. The molecule has 1 heteroatoms. The molecular weight excluding hydrogens is 134 g/mol. The monoisotopic (exact) mass is 141 g/mol. The molecule has 1 aromatic carbocycles. The fraction of sp³-hybridized carbons (Fsp3) is 0.100. The average Bonchev–Trinajstić information content (AvgIpc) is 2.83. The summed E-state index contributed by atoms with van der Waals surface area (Å²) in [5.74, 6) is 0. The van der Waals surface area contributed by atoms with Crippen molar-refractivity contribution in [1.29, 1.82) is 0 Å². The zero-order chi connectivity index (χ0) is 7.26. The van der Waals surface area contributed by atoms with Crippen LogP contribution in [0.3, 0.4) is 0 Å². The zero-order valence-electron chi connectivity index (χ0n) is 6.04. The van der Waals surface area contributed by atoms with E-state index in [4.69, 9.17) is 0 Å². The number of fused-ring (bicyclic) bond motifs is 3. The molecule has 1 fully saturated rings. The molecule has 2 heterocycles. The van der Waals surface area contributed by atoms with Crippen molar-refractivity contribution in [1.82, 2.24) is 0 Å². The van der Waals surface area contributed by atoms with Crippen LogP contribution in [-0.2, 0) is 6.42 Å². The second-order valence-corrected chi connectivity index (χ2v) is 2.87. The summed E-state index contributed by atoms with van der Waals surface area (Å²) < 4.78 is 0. The van der Waals surface area contributed by atoms with Gasteiger partial charge in [0.15, 0.2) is 0 Å². The molecular formula is C10H7N. The van der Waals surface area contributed by atoms with Crippen molar-refractivity contribution in [3.05, 3.63) is 48.1 Å². The molecule has 1 nitrogen and oxygen atoms in total.